The molecule has 196 valence electrons. The summed E-state index contributed by atoms with van der Waals surface area (Å²) in [5, 5.41) is 73.2. The average molecular weight is 504 g/mol. The maximum atomic E-state index is 12.7. The zero-order valence-electron chi connectivity index (χ0n) is 18.3. The van der Waals surface area contributed by atoms with Crippen molar-refractivity contribution >= 4 is 35.4 Å². The predicted octanol–water partition coefficient (Wildman–Crippen LogP) is -4.61. The van der Waals surface area contributed by atoms with E-state index in [1.165, 1.54) is 0 Å². The maximum absolute atomic E-state index is 12.7. The lowest BCUT2D eigenvalue weighted by Gasteiger charge is -2.19. The lowest BCUT2D eigenvalue weighted by Crippen LogP contribution is -2.45. The second kappa shape index (κ2) is 14.6. The average Bonchev–Trinajstić information content (AvgIpc) is 2.83. The van der Waals surface area contributed by atoms with Gasteiger partial charge in [-0.2, -0.15) is 0 Å². The number of nitrogens with zero attached hydrogens (tertiary/aromatic N) is 2. The Balaban J connectivity index is 3.53. The van der Waals surface area contributed by atoms with Crippen molar-refractivity contribution in [1.29, 1.82) is 0 Å². The van der Waals surface area contributed by atoms with Gasteiger partial charge in [0.1, 0.15) is 0 Å². The number of rotatable bonds is 16. The van der Waals surface area contributed by atoms with Crippen molar-refractivity contribution in [2.75, 3.05) is 50.2 Å². The number of nitrogens with one attached hydrogen (secondary N) is 4. The third kappa shape index (κ3) is 8.91. The van der Waals surface area contributed by atoms with Crippen LogP contribution in [0.25, 0.3) is 0 Å². The second-order valence-corrected chi connectivity index (χ2v) is 6.93. The third-order valence-electron chi connectivity index (χ3n) is 4.24. The summed E-state index contributed by atoms with van der Waals surface area (Å²) in [6, 6.07) is -3.42. The van der Waals surface area contributed by atoms with Crippen LogP contribution in [0.3, 0.4) is 0 Å². The number of carboxylic acid groups (broad SMARTS) is 2. The van der Waals surface area contributed by atoms with Crippen LogP contribution in [-0.2, 0) is 9.59 Å². The Morgan fingerprint density at radius 3 is 1.57 bits per heavy atom. The number of anilines is 2. The molecule has 0 aliphatic heterocycles. The fourth-order valence-corrected chi connectivity index (χ4v) is 2.39. The van der Waals surface area contributed by atoms with Crippen LogP contribution in [0.4, 0.5) is 11.6 Å². The van der Waals surface area contributed by atoms with Crippen LogP contribution in [0.1, 0.15) is 27.4 Å². The highest BCUT2D eigenvalue weighted by atomic mass is 16.4. The first-order valence-corrected chi connectivity index (χ1v) is 10.2. The molecule has 0 unspecified atom stereocenters. The summed E-state index contributed by atoms with van der Waals surface area (Å²) in [5.74, 6) is -6.18. The van der Waals surface area contributed by atoms with Crippen LogP contribution < -0.4 is 21.3 Å². The Bertz CT molecular complexity index is 900. The molecule has 3 atom stereocenters. The van der Waals surface area contributed by atoms with Crippen LogP contribution in [0.5, 0.6) is 0 Å². The monoisotopic (exact) mass is 504 g/mol. The molecule has 1 aromatic heterocycles. The van der Waals surface area contributed by atoms with Crippen molar-refractivity contribution in [2.24, 2.45) is 0 Å². The molecule has 0 radical (unpaired) electrons. The molecule has 0 saturated carbocycles. The van der Waals surface area contributed by atoms with Gasteiger partial charge in [0.25, 0.3) is 11.8 Å². The van der Waals surface area contributed by atoms with E-state index in [1.807, 2.05) is 10.6 Å². The number of hydrogen-bond acceptors (Lipinski definition) is 13. The van der Waals surface area contributed by atoms with Crippen molar-refractivity contribution in [3.8, 4) is 0 Å². The summed E-state index contributed by atoms with van der Waals surface area (Å²) in [7, 11) is 0. The zero-order valence-corrected chi connectivity index (χ0v) is 18.3. The van der Waals surface area contributed by atoms with E-state index in [0.717, 1.165) is 0 Å². The van der Waals surface area contributed by atoms with E-state index in [-0.39, 0.29) is 31.9 Å². The standard InChI is InChI=1S/C18H28N6O11/c25-3-1-2-19-13-11(15(30)21-9(6-27)17(32)33)24-14(20-4-8(29)5-26)12(23-13)16(31)22-10(7-28)18(34)35/h8-10,25-29H,1-7H2,(H,19,23)(H,20,24)(H,21,30)(H,22,31)(H,32,33)(H,34,35)/t8-,9+,10+/m0/s1. The largest absolute Gasteiger partial charge is 0.480 e. The number of carbonyl (C=O) groups excluding carboxylic acids is 2. The lowest BCUT2D eigenvalue weighted by molar-refractivity contribution is -0.141. The van der Waals surface area contributed by atoms with Gasteiger partial charge in [0.05, 0.1) is 25.9 Å². The second-order valence-electron chi connectivity index (χ2n) is 6.93. The molecular formula is C18H28N6O11. The molecule has 2 amide bonds. The van der Waals surface area contributed by atoms with Gasteiger partial charge < -0.3 is 57.0 Å². The maximum Gasteiger partial charge on any atom is 0.328 e. The number of carboxylic acids is 2. The van der Waals surface area contributed by atoms with Crippen molar-refractivity contribution in [3.63, 3.8) is 0 Å². The molecule has 0 aromatic carbocycles. The van der Waals surface area contributed by atoms with Gasteiger partial charge in [-0.15, -0.1) is 0 Å². The number of amides is 2. The first-order chi connectivity index (χ1) is 16.6. The van der Waals surface area contributed by atoms with Gasteiger partial charge in [0.2, 0.25) is 0 Å². The van der Waals surface area contributed by atoms with Crippen LogP contribution >= 0.6 is 0 Å². The molecule has 0 saturated heterocycles. The first-order valence-electron chi connectivity index (χ1n) is 10.2. The number of aliphatic carboxylic acids is 2. The van der Waals surface area contributed by atoms with Crippen molar-refractivity contribution in [2.45, 2.75) is 24.6 Å². The molecule has 0 spiro atoms. The molecule has 1 aromatic rings. The molecule has 0 aliphatic rings. The Labute approximate surface area is 197 Å². The number of aromatic nitrogens is 2. The Morgan fingerprint density at radius 2 is 1.20 bits per heavy atom. The van der Waals surface area contributed by atoms with E-state index in [0.29, 0.717) is 0 Å². The van der Waals surface area contributed by atoms with E-state index in [2.05, 4.69) is 20.6 Å². The van der Waals surface area contributed by atoms with Gasteiger partial charge in [0, 0.05) is 19.7 Å². The van der Waals surface area contributed by atoms with Crippen molar-refractivity contribution in [1.82, 2.24) is 20.6 Å². The highest BCUT2D eigenvalue weighted by molar-refractivity contribution is 6.03. The normalized spacial score (nSPS) is 13.3. The summed E-state index contributed by atoms with van der Waals surface area (Å²) in [4.78, 5) is 55.7. The smallest absolute Gasteiger partial charge is 0.328 e. The predicted molar refractivity (Wildman–Crippen MR) is 116 cm³/mol. The van der Waals surface area contributed by atoms with Gasteiger partial charge in [-0.1, -0.05) is 0 Å². The summed E-state index contributed by atoms with van der Waals surface area (Å²) in [5.41, 5.74) is -1.12. The topological polar surface area (TPSA) is 284 Å². The van der Waals surface area contributed by atoms with Crippen molar-refractivity contribution < 1.29 is 54.9 Å². The van der Waals surface area contributed by atoms with Crippen LogP contribution in [0.15, 0.2) is 0 Å². The molecule has 11 N–H and O–H groups in total. The SMILES string of the molecule is O=C(N[C@H](CO)C(=O)O)c1nc(NC[C@H](O)CO)c(C(=O)N[C@H](CO)C(=O)O)nc1NCCCO. The van der Waals surface area contributed by atoms with Crippen LogP contribution in [0, 0.1) is 0 Å². The van der Waals surface area contributed by atoms with E-state index < -0.39 is 79.0 Å². The summed E-state index contributed by atoms with van der Waals surface area (Å²) < 4.78 is 0. The first kappa shape index (κ1) is 29.4. The van der Waals surface area contributed by atoms with Crippen LogP contribution in [0.2, 0.25) is 0 Å². The number of hydrogen-bond donors (Lipinski definition) is 11. The number of aliphatic hydroxyl groups is 5. The van der Waals surface area contributed by atoms with Gasteiger partial charge in [0.15, 0.2) is 35.1 Å². The van der Waals surface area contributed by atoms with Crippen molar-refractivity contribution in [3.05, 3.63) is 11.4 Å². The minimum Gasteiger partial charge on any atom is -0.480 e. The summed E-state index contributed by atoms with van der Waals surface area (Å²) in [6.07, 6.45) is -1.16. The lowest BCUT2D eigenvalue weighted by atomic mass is 10.2. The molecule has 0 bridgehead atoms. The van der Waals surface area contributed by atoms with E-state index >= 15 is 0 Å². The van der Waals surface area contributed by atoms with E-state index in [4.69, 9.17) is 20.4 Å². The Kier molecular flexibility index (Phi) is 12.2. The molecule has 17 heteroatoms. The summed E-state index contributed by atoms with van der Waals surface area (Å²) in [6.45, 7) is -3.21. The quantitative estimate of drug-likeness (QED) is 0.0944. The third-order valence-corrected chi connectivity index (χ3v) is 4.24. The number of aliphatic hydroxyl groups excluding tert-OH is 5. The van der Waals surface area contributed by atoms with E-state index in [9.17, 15) is 34.5 Å². The highest BCUT2D eigenvalue weighted by Gasteiger charge is 2.28. The molecule has 35 heavy (non-hydrogen) atoms. The zero-order chi connectivity index (χ0) is 26.5. The van der Waals surface area contributed by atoms with Gasteiger partial charge >= 0.3 is 11.9 Å². The minimum absolute atomic E-state index is 0.0271. The molecule has 17 nitrogen and oxygen atoms in total. The molecule has 1 rings (SSSR count). The van der Waals surface area contributed by atoms with Crippen LogP contribution in [-0.4, -0.2) is 127 Å². The van der Waals surface area contributed by atoms with Gasteiger partial charge in [-0.05, 0) is 6.42 Å². The Hall–Kier alpha value is -3.64. The fraction of sp³-hybridized carbons (Fsp3) is 0.556. The molecule has 0 fully saturated rings. The van der Waals surface area contributed by atoms with Gasteiger partial charge in [-0.3, -0.25) is 9.59 Å². The molecule has 0 aliphatic carbocycles. The Morgan fingerprint density at radius 1 is 0.743 bits per heavy atom. The fourth-order valence-electron chi connectivity index (χ4n) is 2.39. The summed E-state index contributed by atoms with van der Waals surface area (Å²) >= 11 is 0. The molecule has 1 heterocycles. The number of carbonyl (C=O) groups is 4. The minimum atomic E-state index is -1.71. The van der Waals surface area contributed by atoms with E-state index in [1.54, 1.807) is 0 Å². The molecular weight excluding hydrogens is 476 g/mol. The highest BCUT2D eigenvalue weighted by Crippen LogP contribution is 2.19. The van der Waals surface area contributed by atoms with Gasteiger partial charge in [-0.25, -0.2) is 19.6 Å².